The molecule has 0 unspecified atom stereocenters. The number of benzene rings is 2. The highest BCUT2D eigenvalue weighted by Gasteiger charge is 2.17. The van der Waals surface area contributed by atoms with Crippen LogP contribution in [0.4, 0.5) is 5.69 Å². The molecule has 0 atom stereocenters. The summed E-state index contributed by atoms with van der Waals surface area (Å²) < 4.78 is 1.98. The number of nitriles is 1. The molecule has 1 N–H and O–H groups in total. The quantitative estimate of drug-likeness (QED) is 0.507. The van der Waals surface area contributed by atoms with Crippen LogP contribution in [0.25, 0.3) is 16.7 Å². The highest BCUT2D eigenvalue weighted by Crippen LogP contribution is 2.30. The lowest BCUT2D eigenvalue weighted by Gasteiger charge is -2.11. The number of hydrogen-bond acceptors (Lipinski definition) is 4. The lowest BCUT2D eigenvalue weighted by molar-refractivity contribution is -0.113. The summed E-state index contributed by atoms with van der Waals surface area (Å²) in [5.74, 6) is 0.196. The number of thioether (sulfide) groups is 1. The van der Waals surface area contributed by atoms with Crippen molar-refractivity contribution in [2.75, 3.05) is 11.1 Å². The first-order chi connectivity index (χ1) is 13.7. The standard InChI is InChI=1S/C22H18N4OS/c1-2-15-12-21(28-14-20(27)24-16-8-4-3-5-9-16)26-19-11-7-6-10-18(19)25-22(26)17(15)13-23/h3-12H,2,14H2,1H3,(H,24,27). The summed E-state index contributed by atoms with van der Waals surface area (Å²) in [6.45, 7) is 2.02. The first-order valence-electron chi connectivity index (χ1n) is 9.02. The van der Waals surface area contributed by atoms with E-state index in [4.69, 9.17) is 0 Å². The number of nitrogens with one attached hydrogen (secondary N) is 1. The minimum atomic E-state index is -0.0730. The minimum Gasteiger partial charge on any atom is -0.325 e. The number of aromatic nitrogens is 2. The Labute approximate surface area is 167 Å². The zero-order valence-electron chi connectivity index (χ0n) is 15.3. The molecule has 0 radical (unpaired) electrons. The Morgan fingerprint density at radius 3 is 2.68 bits per heavy atom. The minimum absolute atomic E-state index is 0.0730. The van der Waals surface area contributed by atoms with Gasteiger partial charge in [-0.15, -0.1) is 0 Å². The average molecular weight is 386 g/mol. The van der Waals surface area contributed by atoms with Crippen molar-refractivity contribution in [3.63, 3.8) is 0 Å². The van der Waals surface area contributed by atoms with Gasteiger partial charge in [-0.25, -0.2) is 4.98 Å². The van der Waals surface area contributed by atoms with Crippen molar-refractivity contribution in [1.82, 2.24) is 9.38 Å². The van der Waals surface area contributed by atoms with Gasteiger partial charge in [-0.1, -0.05) is 49.0 Å². The van der Waals surface area contributed by atoms with Crippen LogP contribution in [0.15, 0.2) is 65.7 Å². The fourth-order valence-electron chi connectivity index (χ4n) is 3.21. The van der Waals surface area contributed by atoms with Crippen molar-refractivity contribution in [2.45, 2.75) is 18.4 Å². The second-order valence-corrected chi connectivity index (χ2v) is 7.31. The van der Waals surface area contributed by atoms with E-state index >= 15 is 0 Å². The topological polar surface area (TPSA) is 70.2 Å². The molecule has 0 aliphatic carbocycles. The van der Waals surface area contributed by atoms with Crippen LogP contribution in [0.5, 0.6) is 0 Å². The Morgan fingerprint density at radius 2 is 1.93 bits per heavy atom. The number of aryl methyl sites for hydroxylation is 1. The van der Waals surface area contributed by atoms with E-state index in [1.807, 2.05) is 72.0 Å². The van der Waals surface area contributed by atoms with Crippen molar-refractivity contribution in [2.24, 2.45) is 0 Å². The normalized spacial score (nSPS) is 10.9. The van der Waals surface area contributed by atoms with Crippen LogP contribution >= 0.6 is 11.8 Å². The van der Waals surface area contributed by atoms with E-state index in [0.29, 0.717) is 11.2 Å². The van der Waals surface area contributed by atoms with Gasteiger partial charge in [0.2, 0.25) is 5.91 Å². The van der Waals surface area contributed by atoms with Gasteiger partial charge in [-0.2, -0.15) is 5.26 Å². The lowest BCUT2D eigenvalue weighted by Crippen LogP contribution is -2.14. The second-order valence-electron chi connectivity index (χ2n) is 6.31. The molecule has 0 aliphatic heterocycles. The number of carbonyl (C=O) groups excluding carboxylic acids is 1. The molecule has 1 amide bonds. The van der Waals surface area contributed by atoms with Gasteiger partial charge in [0, 0.05) is 5.69 Å². The highest BCUT2D eigenvalue weighted by atomic mass is 32.2. The number of imidazole rings is 1. The van der Waals surface area contributed by atoms with Crippen LogP contribution in [-0.2, 0) is 11.2 Å². The van der Waals surface area contributed by atoms with Crippen LogP contribution in [-0.4, -0.2) is 21.0 Å². The number of nitrogens with zero attached hydrogens (tertiary/aromatic N) is 3. The molecule has 4 rings (SSSR count). The van der Waals surface area contributed by atoms with E-state index in [0.717, 1.165) is 33.7 Å². The van der Waals surface area contributed by atoms with Gasteiger partial charge >= 0.3 is 0 Å². The maximum atomic E-state index is 12.4. The summed E-state index contributed by atoms with van der Waals surface area (Å²) >= 11 is 1.45. The van der Waals surface area contributed by atoms with Crippen molar-refractivity contribution >= 4 is 40.0 Å². The zero-order valence-corrected chi connectivity index (χ0v) is 16.2. The van der Waals surface area contributed by atoms with E-state index in [2.05, 4.69) is 16.4 Å². The molecule has 0 aliphatic rings. The van der Waals surface area contributed by atoms with Gasteiger partial charge in [0.05, 0.1) is 27.4 Å². The van der Waals surface area contributed by atoms with Crippen LogP contribution < -0.4 is 5.32 Å². The number of carbonyl (C=O) groups is 1. The van der Waals surface area contributed by atoms with Gasteiger partial charge in [0.15, 0.2) is 5.65 Å². The van der Waals surface area contributed by atoms with E-state index in [-0.39, 0.29) is 11.7 Å². The first-order valence-corrected chi connectivity index (χ1v) is 10.0. The molecule has 5 nitrogen and oxygen atoms in total. The number of fused-ring (bicyclic) bond motifs is 3. The van der Waals surface area contributed by atoms with Gasteiger partial charge < -0.3 is 5.32 Å². The summed E-state index contributed by atoms with van der Waals surface area (Å²) in [6.07, 6.45) is 0.729. The van der Waals surface area contributed by atoms with Gasteiger partial charge in [0.1, 0.15) is 6.07 Å². The number of amides is 1. The summed E-state index contributed by atoms with van der Waals surface area (Å²) in [7, 11) is 0. The Hall–Kier alpha value is -3.30. The fourth-order valence-corrected chi connectivity index (χ4v) is 4.10. The third-order valence-electron chi connectivity index (χ3n) is 4.53. The molecular formula is C22H18N4OS. The number of pyridine rings is 1. The number of hydrogen-bond donors (Lipinski definition) is 1. The molecule has 2 heterocycles. The Bertz CT molecular complexity index is 1210. The Morgan fingerprint density at radius 1 is 1.18 bits per heavy atom. The maximum Gasteiger partial charge on any atom is 0.234 e. The largest absolute Gasteiger partial charge is 0.325 e. The monoisotopic (exact) mass is 386 g/mol. The number of para-hydroxylation sites is 3. The van der Waals surface area contributed by atoms with Crippen molar-refractivity contribution in [3.8, 4) is 6.07 Å². The van der Waals surface area contributed by atoms with E-state index in [1.54, 1.807) is 0 Å². The van der Waals surface area contributed by atoms with Crippen molar-refractivity contribution in [1.29, 1.82) is 5.26 Å². The Kier molecular flexibility index (Phi) is 5.00. The molecule has 0 saturated heterocycles. The molecule has 4 aromatic rings. The lowest BCUT2D eigenvalue weighted by atomic mass is 10.1. The third-order valence-corrected chi connectivity index (χ3v) is 5.53. The zero-order chi connectivity index (χ0) is 19.5. The van der Waals surface area contributed by atoms with E-state index in [1.165, 1.54) is 11.8 Å². The fraction of sp³-hybridized carbons (Fsp3) is 0.136. The molecule has 2 aromatic carbocycles. The number of rotatable bonds is 5. The maximum absolute atomic E-state index is 12.4. The van der Waals surface area contributed by atoms with Crippen molar-refractivity contribution < 1.29 is 4.79 Å². The molecule has 0 spiro atoms. The van der Waals surface area contributed by atoms with Gasteiger partial charge in [-0.05, 0) is 42.3 Å². The summed E-state index contributed by atoms with van der Waals surface area (Å²) in [5.41, 5.74) is 4.73. The smallest absolute Gasteiger partial charge is 0.234 e. The van der Waals surface area contributed by atoms with E-state index in [9.17, 15) is 10.1 Å². The molecule has 2 aromatic heterocycles. The van der Waals surface area contributed by atoms with Gasteiger partial charge in [-0.3, -0.25) is 9.20 Å². The van der Waals surface area contributed by atoms with Crippen molar-refractivity contribution in [3.05, 3.63) is 71.8 Å². The van der Waals surface area contributed by atoms with Crippen LogP contribution in [0, 0.1) is 11.3 Å². The van der Waals surface area contributed by atoms with Crippen LogP contribution in [0.1, 0.15) is 18.1 Å². The molecule has 0 saturated carbocycles. The van der Waals surface area contributed by atoms with Crippen LogP contribution in [0.2, 0.25) is 0 Å². The van der Waals surface area contributed by atoms with Crippen LogP contribution in [0.3, 0.4) is 0 Å². The molecule has 6 heteroatoms. The summed E-state index contributed by atoms with van der Waals surface area (Å²) in [5, 5.41) is 13.5. The Balaban J connectivity index is 1.72. The summed E-state index contributed by atoms with van der Waals surface area (Å²) in [6, 6.07) is 21.5. The molecule has 138 valence electrons. The third kappa shape index (κ3) is 3.32. The van der Waals surface area contributed by atoms with E-state index < -0.39 is 0 Å². The predicted octanol–water partition coefficient (Wildman–Crippen LogP) is 4.65. The van der Waals surface area contributed by atoms with Gasteiger partial charge in [0.25, 0.3) is 0 Å². The number of anilines is 1. The average Bonchev–Trinajstić information content (AvgIpc) is 3.11. The SMILES string of the molecule is CCc1cc(SCC(=O)Nc2ccccc2)n2c(nc3ccccc32)c1C#N. The molecule has 28 heavy (non-hydrogen) atoms. The summed E-state index contributed by atoms with van der Waals surface area (Å²) in [4.78, 5) is 17.1. The molecule has 0 bridgehead atoms. The second kappa shape index (κ2) is 7.75. The molecule has 0 fully saturated rings. The predicted molar refractivity (Wildman–Crippen MR) is 113 cm³/mol. The molecular weight excluding hydrogens is 368 g/mol. The first kappa shape index (κ1) is 18.1. The highest BCUT2D eigenvalue weighted by molar-refractivity contribution is 7.99.